The molecular formula is C9H7ClN2O2. The molecule has 0 fully saturated rings. The smallest absolute Gasteiger partial charge is 0.255 e. The molecule has 4 nitrogen and oxygen atoms in total. The highest BCUT2D eigenvalue weighted by Gasteiger charge is 2.01. The van der Waals surface area contributed by atoms with Crippen LogP contribution in [0.15, 0.2) is 18.2 Å². The lowest BCUT2D eigenvalue weighted by molar-refractivity contribution is -0.119. The maximum atomic E-state index is 10.4. The Kier molecular flexibility index (Phi) is 3.32. The van der Waals surface area contributed by atoms with E-state index in [1.165, 1.54) is 18.2 Å². The Labute approximate surface area is 85.8 Å². The zero-order valence-corrected chi connectivity index (χ0v) is 7.91. The molecule has 1 amide bonds. The SMILES string of the molecule is N#Cc1cc(Cl)cc(OCC(N)=O)c1. The Hall–Kier alpha value is -1.73. The van der Waals surface area contributed by atoms with Gasteiger partial charge in [0.25, 0.3) is 5.91 Å². The minimum absolute atomic E-state index is 0.231. The molecular weight excluding hydrogens is 204 g/mol. The average molecular weight is 211 g/mol. The minimum atomic E-state index is -0.580. The van der Waals surface area contributed by atoms with Crippen LogP contribution in [-0.4, -0.2) is 12.5 Å². The number of amides is 1. The molecule has 0 aliphatic rings. The van der Waals surface area contributed by atoms with Crippen LogP contribution in [0.5, 0.6) is 5.75 Å². The molecule has 0 heterocycles. The second-order valence-electron chi connectivity index (χ2n) is 2.54. The standard InChI is InChI=1S/C9H7ClN2O2/c10-7-1-6(4-11)2-8(3-7)14-5-9(12)13/h1-3H,5H2,(H2,12,13). The predicted octanol–water partition coefficient (Wildman–Crippen LogP) is 1.08. The number of hydrogen-bond acceptors (Lipinski definition) is 3. The van der Waals surface area contributed by atoms with Gasteiger partial charge in [-0.1, -0.05) is 11.6 Å². The zero-order chi connectivity index (χ0) is 10.6. The van der Waals surface area contributed by atoms with E-state index >= 15 is 0 Å². The van der Waals surface area contributed by atoms with Crippen molar-refractivity contribution in [1.82, 2.24) is 0 Å². The fourth-order valence-corrected chi connectivity index (χ4v) is 1.09. The van der Waals surface area contributed by atoms with Crippen molar-refractivity contribution in [2.45, 2.75) is 0 Å². The van der Waals surface area contributed by atoms with E-state index in [4.69, 9.17) is 27.3 Å². The van der Waals surface area contributed by atoms with Gasteiger partial charge in [0.05, 0.1) is 11.6 Å². The van der Waals surface area contributed by atoms with Gasteiger partial charge in [-0.05, 0) is 18.2 Å². The quantitative estimate of drug-likeness (QED) is 0.811. The first-order valence-electron chi connectivity index (χ1n) is 3.73. The average Bonchev–Trinajstić information content (AvgIpc) is 2.14. The summed E-state index contributed by atoms with van der Waals surface area (Å²) in [5.74, 6) is -0.226. The fraction of sp³-hybridized carbons (Fsp3) is 0.111. The van der Waals surface area contributed by atoms with Gasteiger partial charge in [-0.25, -0.2) is 0 Å². The molecule has 0 aliphatic heterocycles. The Morgan fingerprint density at radius 2 is 2.29 bits per heavy atom. The van der Waals surface area contributed by atoms with E-state index in [2.05, 4.69) is 0 Å². The van der Waals surface area contributed by atoms with Crippen LogP contribution in [0.3, 0.4) is 0 Å². The number of primary amides is 1. The van der Waals surface area contributed by atoms with Gasteiger partial charge in [-0.15, -0.1) is 0 Å². The van der Waals surface area contributed by atoms with Gasteiger partial charge in [-0.2, -0.15) is 5.26 Å². The summed E-state index contributed by atoms with van der Waals surface area (Å²) in [6.07, 6.45) is 0. The zero-order valence-electron chi connectivity index (χ0n) is 7.16. The molecule has 0 saturated carbocycles. The summed E-state index contributed by atoms with van der Waals surface area (Å²) >= 11 is 5.70. The van der Waals surface area contributed by atoms with Crippen molar-refractivity contribution >= 4 is 17.5 Å². The van der Waals surface area contributed by atoms with E-state index in [1.54, 1.807) is 0 Å². The fourth-order valence-electron chi connectivity index (χ4n) is 0.865. The van der Waals surface area contributed by atoms with Crippen molar-refractivity contribution in [2.24, 2.45) is 5.73 Å². The van der Waals surface area contributed by atoms with Gasteiger partial charge in [0, 0.05) is 5.02 Å². The molecule has 1 aromatic rings. The molecule has 0 unspecified atom stereocenters. The first-order valence-corrected chi connectivity index (χ1v) is 4.11. The van der Waals surface area contributed by atoms with Crippen LogP contribution in [-0.2, 0) is 4.79 Å². The predicted molar refractivity (Wildman–Crippen MR) is 50.9 cm³/mol. The van der Waals surface area contributed by atoms with Crippen LogP contribution >= 0.6 is 11.6 Å². The molecule has 0 saturated heterocycles. The molecule has 0 atom stereocenters. The summed E-state index contributed by atoms with van der Waals surface area (Å²) in [5, 5.41) is 8.99. The largest absolute Gasteiger partial charge is 0.484 e. The van der Waals surface area contributed by atoms with Crippen LogP contribution in [0.1, 0.15) is 5.56 Å². The number of carbonyl (C=O) groups is 1. The van der Waals surface area contributed by atoms with E-state index in [0.717, 1.165) is 0 Å². The Bertz CT molecular complexity index is 398. The molecule has 72 valence electrons. The first-order chi connectivity index (χ1) is 6.61. The van der Waals surface area contributed by atoms with Crippen molar-refractivity contribution < 1.29 is 9.53 Å². The molecule has 2 N–H and O–H groups in total. The number of ether oxygens (including phenoxy) is 1. The van der Waals surface area contributed by atoms with Gasteiger partial charge in [0.15, 0.2) is 6.61 Å². The Balaban J connectivity index is 2.82. The maximum absolute atomic E-state index is 10.4. The molecule has 0 aromatic heterocycles. The van der Waals surface area contributed by atoms with E-state index in [0.29, 0.717) is 16.3 Å². The van der Waals surface area contributed by atoms with E-state index < -0.39 is 5.91 Å². The third-order valence-electron chi connectivity index (χ3n) is 1.38. The maximum Gasteiger partial charge on any atom is 0.255 e. The molecule has 0 spiro atoms. The Morgan fingerprint density at radius 3 is 2.86 bits per heavy atom. The second kappa shape index (κ2) is 4.49. The van der Waals surface area contributed by atoms with Gasteiger partial charge in [0.1, 0.15) is 5.75 Å². The first kappa shape index (κ1) is 10.4. The molecule has 1 rings (SSSR count). The number of halogens is 1. The number of nitrogens with two attached hydrogens (primary N) is 1. The summed E-state index contributed by atoms with van der Waals surface area (Å²) < 4.78 is 4.98. The van der Waals surface area contributed by atoms with Gasteiger partial charge in [0.2, 0.25) is 0 Å². The number of carbonyl (C=O) groups excluding carboxylic acids is 1. The van der Waals surface area contributed by atoms with E-state index in [-0.39, 0.29) is 6.61 Å². The second-order valence-corrected chi connectivity index (χ2v) is 2.98. The molecule has 14 heavy (non-hydrogen) atoms. The van der Waals surface area contributed by atoms with Crippen LogP contribution in [0.25, 0.3) is 0 Å². The third-order valence-corrected chi connectivity index (χ3v) is 1.60. The summed E-state index contributed by atoms with van der Waals surface area (Å²) in [7, 11) is 0. The lowest BCUT2D eigenvalue weighted by atomic mass is 10.2. The van der Waals surface area contributed by atoms with Crippen LogP contribution in [0.4, 0.5) is 0 Å². The van der Waals surface area contributed by atoms with E-state index in [1.807, 2.05) is 6.07 Å². The van der Waals surface area contributed by atoms with Crippen LogP contribution < -0.4 is 10.5 Å². The number of nitriles is 1. The normalized spacial score (nSPS) is 9.14. The van der Waals surface area contributed by atoms with E-state index in [9.17, 15) is 4.79 Å². The van der Waals surface area contributed by atoms with Gasteiger partial charge >= 0.3 is 0 Å². The molecule has 0 aliphatic carbocycles. The molecule has 0 radical (unpaired) electrons. The van der Waals surface area contributed by atoms with Gasteiger partial charge < -0.3 is 10.5 Å². The lowest BCUT2D eigenvalue weighted by Gasteiger charge is -2.03. The number of rotatable bonds is 3. The summed E-state index contributed by atoms with van der Waals surface area (Å²) in [6, 6.07) is 6.40. The molecule has 1 aromatic carbocycles. The summed E-state index contributed by atoms with van der Waals surface area (Å²) in [5.41, 5.74) is 5.26. The molecule has 5 heteroatoms. The van der Waals surface area contributed by atoms with Gasteiger partial charge in [-0.3, -0.25) is 4.79 Å². The van der Waals surface area contributed by atoms with Crippen molar-refractivity contribution in [3.05, 3.63) is 28.8 Å². The van der Waals surface area contributed by atoms with Crippen LogP contribution in [0.2, 0.25) is 5.02 Å². The number of nitrogens with zero attached hydrogens (tertiary/aromatic N) is 1. The monoisotopic (exact) mass is 210 g/mol. The highest BCUT2D eigenvalue weighted by atomic mass is 35.5. The minimum Gasteiger partial charge on any atom is -0.484 e. The molecule has 0 bridgehead atoms. The van der Waals surface area contributed by atoms with Crippen LogP contribution in [0, 0.1) is 11.3 Å². The number of benzene rings is 1. The van der Waals surface area contributed by atoms with Crippen molar-refractivity contribution in [1.29, 1.82) is 5.26 Å². The van der Waals surface area contributed by atoms with Crippen molar-refractivity contribution in [3.8, 4) is 11.8 Å². The topological polar surface area (TPSA) is 76.1 Å². The summed E-state index contributed by atoms with van der Waals surface area (Å²) in [4.78, 5) is 10.4. The lowest BCUT2D eigenvalue weighted by Crippen LogP contribution is -2.20. The van der Waals surface area contributed by atoms with Crippen molar-refractivity contribution in [2.75, 3.05) is 6.61 Å². The van der Waals surface area contributed by atoms with Crippen molar-refractivity contribution in [3.63, 3.8) is 0 Å². The highest BCUT2D eigenvalue weighted by molar-refractivity contribution is 6.30. The summed E-state index contributed by atoms with van der Waals surface area (Å²) in [6.45, 7) is -0.231. The Morgan fingerprint density at radius 1 is 1.57 bits per heavy atom. The number of hydrogen-bond donors (Lipinski definition) is 1. The highest BCUT2D eigenvalue weighted by Crippen LogP contribution is 2.20. The third kappa shape index (κ3) is 2.96.